The van der Waals surface area contributed by atoms with Gasteiger partial charge in [-0.1, -0.05) is 43.5 Å². The second kappa shape index (κ2) is 16.7. The summed E-state index contributed by atoms with van der Waals surface area (Å²) in [6.45, 7) is 4.25. The summed E-state index contributed by atoms with van der Waals surface area (Å²) in [6.07, 6.45) is 5.58. The molecule has 3 rings (SSSR count). The van der Waals surface area contributed by atoms with Crippen molar-refractivity contribution in [2.75, 3.05) is 32.9 Å². The van der Waals surface area contributed by atoms with Crippen LogP contribution in [0.5, 0.6) is 5.75 Å². The summed E-state index contributed by atoms with van der Waals surface area (Å²) in [4.78, 5) is 26.1. The summed E-state index contributed by atoms with van der Waals surface area (Å²) < 4.78 is 30.0. The van der Waals surface area contributed by atoms with Crippen LogP contribution in [0.25, 0.3) is 0 Å². The fourth-order valence-electron chi connectivity index (χ4n) is 4.58. The second-order valence-corrected chi connectivity index (χ2v) is 9.78. The second-order valence-electron chi connectivity index (χ2n) is 9.78. The van der Waals surface area contributed by atoms with Gasteiger partial charge >= 0.3 is 12.0 Å². The van der Waals surface area contributed by atoms with E-state index in [1.165, 1.54) is 18.6 Å². The molecule has 2 aromatic carbocycles. The van der Waals surface area contributed by atoms with E-state index in [1.54, 1.807) is 36.1 Å². The molecule has 1 aliphatic carbocycles. The minimum Gasteiger partial charge on any atom is -0.492 e. The van der Waals surface area contributed by atoms with Gasteiger partial charge in [0, 0.05) is 32.2 Å². The highest BCUT2D eigenvalue weighted by molar-refractivity contribution is 5.74. The number of aliphatic carboxylic acids is 1. The maximum atomic E-state index is 13.1. The fourth-order valence-corrected chi connectivity index (χ4v) is 4.58. The van der Waals surface area contributed by atoms with Crippen molar-refractivity contribution < 1.29 is 33.3 Å². The van der Waals surface area contributed by atoms with E-state index in [0.29, 0.717) is 51.7 Å². The first-order valence-corrected chi connectivity index (χ1v) is 13.9. The van der Waals surface area contributed by atoms with Crippen molar-refractivity contribution in [2.24, 2.45) is 0 Å². The smallest absolute Gasteiger partial charge is 0.333 e. The maximum absolute atomic E-state index is 13.1. The Morgan fingerprint density at radius 1 is 1.00 bits per heavy atom. The molecule has 0 aliphatic heterocycles. The number of carboxylic acids is 1. The van der Waals surface area contributed by atoms with Crippen LogP contribution in [-0.4, -0.2) is 67.1 Å². The van der Waals surface area contributed by atoms with Gasteiger partial charge < -0.3 is 29.5 Å². The van der Waals surface area contributed by atoms with Gasteiger partial charge in [-0.05, 0) is 61.6 Å². The summed E-state index contributed by atoms with van der Waals surface area (Å²) in [5.74, 6) is -0.605. The Balaban J connectivity index is 1.46. The number of hydrogen-bond donors (Lipinski definition) is 2. The number of rotatable bonds is 16. The van der Waals surface area contributed by atoms with Gasteiger partial charge in [0.2, 0.25) is 0 Å². The normalized spacial score (nSPS) is 14.5. The number of ether oxygens (including phenoxy) is 3. The van der Waals surface area contributed by atoms with Gasteiger partial charge in [0.25, 0.3) is 0 Å². The number of halogens is 1. The number of carboxylic acid groups (broad SMARTS) is 1. The third kappa shape index (κ3) is 11.2. The monoisotopic (exact) mass is 544 g/mol. The van der Waals surface area contributed by atoms with Gasteiger partial charge in [-0.2, -0.15) is 0 Å². The first kappa shape index (κ1) is 30.4. The average molecular weight is 545 g/mol. The molecule has 2 N–H and O–H groups in total. The zero-order valence-corrected chi connectivity index (χ0v) is 22.8. The van der Waals surface area contributed by atoms with Crippen LogP contribution < -0.4 is 10.1 Å². The van der Waals surface area contributed by atoms with Crippen molar-refractivity contribution in [3.63, 3.8) is 0 Å². The predicted molar refractivity (Wildman–Crippen MR) is 146 cm³/mol. The van der Waals surface area contributed by atoms with E-state index in [-0.39, 0.29) is 24.3 Å². The Morgan fingerprint density at radius 3 is 2.36 bits per heavy atom. The Kier molecular flexibility index (Phi) is 13.0. The van der Waals surface area contributed by atoms with Gasteiger partial charge in [0.1, 0.15) is 18.2 Å². The molecule has 1 atom stereocenters. The number of carbonyl (C=O) groups excluding carboxylic acids is 1. The van der Waals surface area contributed by atoms with Crippen molar-refractivity contribution in [3.8, 4) is 5.75 Å². The molecule has 1 saturated carbocycles. The SMILES string of the molecule is CCOC(Cc1ccc(OCCN(CCCOCc2ccc(F)cc2)C(=O)NC2CCCCC2)cc1)C(=O)O. The Hall–Kier alpha value is -3.17. The lowest BCUT2D eigenvalue weighted by Gasteiger charge is -2.28. The third-order valence-corrected chi connectivity index (χ3v) is 6.74. The summed E-state index contributed by atoms with van der Waals surface area (Å²) in [5.41, 5.74) is 1.75. The van der Waals surface area contributed by atoms with E-state index in [9.17, 15) is 19.1 Å². The number of hydrogen-bond acceptors (Lipinski definition) is 5. The van der Waals surface area contributed by atoms with Crippen molar-refractivity contribution in [1.82, 2.24) is 10.2 Å². The molecule has 9 heteroatoms. The standard InChI is InChI=1S/C30H41FN2O6/c1-2-38-28(29(34)35)21-23-11-15-27(16-12-23)39-20-18-33(30(36)32-26-7-4-3-5-8-26)17-6-19-37-22-24-9-13-25(31)14-10-24/h9-16,26,28H,2-8,17-22H2,1H3,(H,32,36)(H,34,35). The molecule has 1 aliphatic rings. The molecule has 2 amide bonds. The van der Waals surface area contributed by atoms with Gasteiger partial charge in [-0.15, -0.1) is 0 Å². The number of benzene rings is 2. The summed E-state index contributed by atoms with van der Waals surface area (Å²) in [5, 5.41) is 12.5. The molecular formula is C30H41FN2O6. The van der Waals surface area contributed by atoms with Crippen molar-refractivity contribution in [1.29, 1.82) is 0 Å². The predicted octanol–water partition coefficient (Wildman–Crippen LogP) is 5.19. The molecule has 39 heavy (non-hydrogen) atoms. The molecule has 0 heterocycles. The molecule has 0 spiro atoms. The first-order valence-electron chi connectivity index (χ1n) is 13.9. The highest BCUT2D eigenvalue weighted by Gasteiger charge is 2.20. The highest BCUT2D eigenvalue weighted by atomic mass is 19.1. The maximum Gasteiger partial charge on any atom is 0.333 e. The van der Waals surface area contributed by atoms with Gasteiger partial charge in [0.15, 0.2) is 6.10 Å². The van der Waals surface area contributed by atoms with E-state index in [0.717, 1.165) is 36.8 Å². The van der Waals surface area contributed by atoms with E-state index >= 15 is 0 Å². The number of urea groups is 1. The number of nitrogens with one attached hydrogen (secondary N) is 1. The molecular weight excluding hydrogens is 503 g/mol. The number of amides is 2. The molecule has 0 radical (unpaired) electrons. The highest BCUT2D eigenvalue weighted by Crippen LogP contribution is 2.18. The lowest BCUT2D eigenvalue weighted by Crippen LogP contribution is -2.47. The van der Waals surface area contributed by atoms with Crippen LogP contribution in [0.1, 0.15) is 56.6 Å². The van der Waals surface area contributed by atoms with Crippen LogP contribution in [0, 0.1) is 5.82 Å². The minimum absolute atomic E-state index is 0.0879. The molecule has 8 nitrogen and oxygen atoms in total. The lowest BCUT2D eigenvalue weighted by molar-refractivity contribution is -0.149. The molecule has 0 bridgehead atoms. The van der Waals surface area contributed by atoms with Crippen LogP contribution in [0.4, 0.5) is 9.18 Å². The lowest BCUT2D eigenvalue weighted by atomic mass is 9.96. The molecule has 0 saturated heterocycles. The summed E-state index contributed by atoms with van der Waals surface area (Å²) in [7, 11) is 0. The van der Waals surface area contributed by atoms with Gasteiger partial charge in [0.05, 0.1) is 13.2 Å². The van der Waals surface area contributed by atoms with Crippen LogP contribution in [0.2, 0.25) is 0 Å². The summed E-state index contributed by atoms with van der Waals surface area (Å²) in [6, 6.07) is 13.6. The number of carbonyl (C=O) groups is 2. The van der Waals surface area contributed by atoms with Crippen LogP contribution in [0.15, 0.2) is 48.5 Å². The quantitative estimate of drug-likeness (QED) is 0.283. The van der Waals surface area contributed by atoms with E-state index in [1.807, 2.05) is 12.1 Å². The van der Waals surface area contributed by atoms with Crippen LogP contribution >= 0.6 is 0 Å². The first-order chi connectivity index (χ1) is 18.9. The van der Waals surface area contributed by atoms with Crippen molar-refractivity contribution in [2.45, 2.75) is 70.6 Å². The topological polar surface area (TPSA) is 97.3 Å². The Bertz CT molecular complexity index is 996. The van der Waals surface area contributed by atoms with Gasteiger partial charge in [-0.3, -0.25) is 0 Å². The molecule has 2 aromatic rings. The van der Waals surface area contributed by atoms with Crippen LogP contribution in [0.3, 0.4) is 0 Å². The number of nitrogens with zero attached hydrogens (tertiary/aromatic N) is 1. The minimum atomic E-state index is -0.982. The van der Waals surface area contributed by atoms with Crippen LogP contribution in [-0.2, 0) is 27.3 Å². The molecule has 0 aromatic heterocycles. The average Bonchev–Trinajstić information content (AvgIpc) is 2.94. The van der Waals surface area contributed by atoms with Gasteiger partial charge in [-0.25, -0.2) is 14.0 Å². The largest absolute Gasteiger partial charge is 0.492 e. The molecule has 1 fully saturated rings. The zero-order valence-electron chi connectivity index (χ0n) is 22.8. The summed E-state index contributed by atoms with van der Waals surface area (Å²) >= 11 is 0. The Morgan fingerprint density at radius 2 is 1.69 bits per heavy atom. The third-order valence-electron chi connectivity index (χ3n) is 6.74. The fraction of sp³-hybridized carbons (Fsp3) is 0.533. The Labute approximate surface area is 230 Å². The molecule has 214 valence electrons. The molecule has 1 unspecified atom stereocenters. The van der Waals surface area contributed by atoms with Crippen molar-refractivity contribution >= 4 is 12.0 Å². The zero-order chi connectivity index (χ0) is 27.9. The van der Waals surface area contributed by atoms with E-state index in [4.69, 9.17) is 14.2 Å². The van der Waals surface area contributed by atoms with Crippen molar-refractivity contribution in [3.05, 3.63) is 65.5 Å². The van der Waals surface area contributed by atoms with E-state index in [2.05, 4.69) is 5.32 Å². The van der Waals surface area contributed by atoms with E-state index < -0.39 is 12.1 Å².